The van der Waals surface area contributed by atoms with Gasteiger partial charge >= 0.3 is 0 Å². The van der Waals surface area contributed by atoms with E-state index < -0.39 is 0 Å². The van der Waals surface area contributed by atoms with Gasteiger partial charge in [0.1, 0.15) is 6.17 Å². The minimum Gasteiger partial charge on any atom is -0.348 e. The average molecular weight is 218 g/mol. The first-order valence-electron chi connectivity index (χ1n) is 5.30. The molecule has 1 atom stereocenters. The molecule has 15 heavy (non-hydrogen) atoms. The van der Waals surface area contributed by atoms with Crippen LogP contribution in [0.2, 0.25) is 0 Å². The van der Waals surface area contributed by atoms with Crippen molar-refractivity contribution in [1.29, 1.82) is 0 Å². The number of hydrogen-bond donors (Lipinski definition) is 1. The van der Waals surface area contributed by atoms with Crippen LogP contribution in [0.15, 0.2) is 35.9 Å². The predicted molar refractivity (Wildman–Crippen MR) is 64.3 cm³/mol. The summed E-state index contributed by atoms with van der Waals surface area (Å²) in [5.74, 6) is 1.06. The van der Waals surface area contributed by atoms with Crippen LogP contribution in [0.1, 0.15) is 17.3 Å². The third-order valence-corrected chi connectivity index (χ3v) is 3.75. The van der Waals surface area contributed by atoms with Crippen LogP contribution < -0.4 is 5.32 Å². The fourth-order valence-electron chi connectivity index (χ4n) is 2.23. The van der Waals surface area contributed by atoms with Gasteiger partial charge in [-0.2, -0.15) is 0 Å². The Labute approximate surface area is 94.4 Å². The molecule has 2 aliphatic heterocycles. The third kappa shape index (κ3) is 1.66. The van der Waals surface area contributed by atoms with Crippen molar-refractivity contribution in [2.45, 2.75) is 12.6 Å². The third-order valence-electron chi connectivity index (χ3n) is 2.99. The van der Waals surface area contributed by atoms with Gasteiger partial charge in [0.15, 0.2) is 0 Å². The maximum Gasteiger partial charge on any atom is 0.106 e. The lowest BCUT2D eigenvalue weighted by Gasteiger charge is -2.33. The van der Waals surface area contributed by atoms with Gasteiger partial charge < -0.3 is 4.90 Å². The van der Waals surface area contributed by atoms with Crippen LogP contribution in [0, 0.1) is 0 Å². The summed E-state index contributed by atoms with van der Waals surface area (Å²) in [7, 11) is 0. The topological polar surface area (TPSA) is 15.3 Å². The predicted octanol–water partition coefficient (Wildman–Crippen LogP) is 2.31. The van der Waals surface area contributed by atoms with Crippen molar-refractivity contribution >= 4 is 11.8 Å². The van der Waals surface area contributed by atoms with Gasteiger partial charge in [-0.1, -0.05) is 24.3 Å². The Hall–Kier alpha value is -0.930. The lowest BCUT2D eigenvalue weighted by Crippen LogP contribution is -2.38. The molecule has 3 heteroatoms. The average Bonchev–Trinajstić information content (AvgIpc) is 2.82. The van der Waals surface area contributed by atoms with Crippen molar-refractivity contribution in [3.63, 3.8) is 0 Å². The molecule has 0 amide bonds. The first kappa shape index (κ1) is 9.31. The zero-order valence-corrected chi connectivity index (χ0v) is 9.33. The monoisotopic (exact) mass is 218 g/mol. The number of rotatable bonds is 1. The second kappa shape index (κ2) is 3.91. The van der Waals surface area contributed by atoms with E-state index in [1.165, 1.54) is 11.1 Å². The summed E-state index contributed by atoms with van der Waals surface area (Å²) in [4.78, 5) is 2.36. The molecule has 0 radical (unpaired) electrons. The van der Waals surface area contributed by atoms with Gasteiger partial charge in [-0.15, -0.1) is 11.8 Å². The Balaban J connectivity index is 1.95. The van der Waals surface area contributed by atoms with E-state index in [0.717, 1.165) is 18.8 Å². The van der Waals surface area contributed by atoms with Crippen molar-refractivity contribution in [3.05, 3.63) is 47.0 Å². The highest BCUT2D eigenvalue weighted by atomic mass is 32.2. The molecule has 1 aromatic carbocycles. The molecular weight excluding hydrogens is 204 g/mol. The number of benzene rings is 1. The van der Waals surface area contributed by atoms with Crippen LogP contribution in [0.3, 0.4) is 0 Å². The quantitative estimate of drug-likeness (QED) is 0.778. The van der Waals surface area contributed by atoms with E-state index in [4.69, 9.17) is 0 Å². The van der Waals surface area contributed by atoms with Crippen LogP contribution in [-0.4, -0.2) is 17.3 Å². The molecule has 3 rings (SSSR count). The minimum atomic E-state index is 0.376. The van der Waals surface area contributed by atoms with Crippen LogP contribution in [-0.2, 0) is 6.42 Å². The van der Waals surface area contributed by atoms with E-state index in [0.29, 0.717) is 6.17 Å². The maximum absolute atomic E-state index is 3.58. The summed E-state index contributed by atoms with van der Waals surface area (Å²) < 4.78 is 0. The van der Waals surface area contributed by atoms with E-state index in [1.54, 1.807) is 0 Å². The number of fused-ring (bicyclic) bond motifs is 1. The fraction of sp³-hybridized carbons (Fsp3) is 0.333. The Morgan fingerprint density at radius 2 is 2.27 bits per heavy atom. The summed E-state index contributed by atoms with van der Waals surface area (Å²) in [5.41, 5.74) is 2.93. The molecule has 0 bridgehead atoms. The smallest absolute Gasteiger partial charge is 0.106 e. The van der Waals surface area contributed by atoms with Crippen molar-refractivity contribution in [1.82, 2.24) is 10.2 Å². The van der Waals surface area contributed by atoms with E-state index in [-0.39, 0.29) is 0 Å². The molecule has 2 nitrogen and oxygen atoms in total. The van der Waals surface area contributed by atoms with Crippen LogP contribution >= 0.6 is 11.8 Å². The molecule has 1 N–H and O–H groups in total. The second-order valence-corrected chi connectivity index (χ2v) is 4.76. The standard InChI is InChI=1S/C12H14N2S/c1-2-4-11-10(3-1)5-6-13-12(11)14-7-8-15-9-14/h1-4,7-8,12-13H,5-6,9H2. The van der Waals surface area contributed by atoms with Gasteiger partial charge in [0.05, 0.1) is 5.88 Å². The van der Waals surface area contributed by atoms with Gasteiger partial charge in [0.2, 0.25) is 0 Å². The van der Waals surface area contributed by atoms with E-state index >= 15 is 0 Å². The zero-order chi connectivity index (χ0) is 10.1. The van der Waals surface area contributed by atoms with Gasteiger partial charge in [-0.3, -0.25) is 5.32 Å². The van der Waals surface area contributed by atoms with E-state index in [2.05, 4.69) is 46.1 Å². The summed E-state index contributed by atoms with van der Waals surface area (Å²) in [6.07, 6.45) is 3.71. The molecule has 2 aliphatic rings. The molecule has 0 aliphatic carbocycles. The molecule has 0 saturated heterocycles. The number of nitrogens with one attached hydrogen (secondary N) is 1. The minimum absolute atomic E-state index is 0.376. The summed E-state index contributed by atoms with van der Waals surface area (Å²) in [5, 5.41) is 5.74. The molecular formula is C12H14N2S. The molecule has 0 fully saturated rings. The number of thioether (sulfide) groups is 1. The summed E-state index contributed by atoms with van der Waals surface area (Å²) >= 11 is 1.86. The van der Waals surface area contributed by atoms with E-state index in [1.807, 2.05) is 11.8 Å². The molecule has 1 aromatic rings. The Bertz CT molecular complexity index is 389. The SMILES string of the molecule is C1=CN(C2NCCc3ccccc32)CS1. The lowest BCUT2D eigenvalue weighted by molar-refractivity contribution is 0.265. The molecule has 0 spiro atoms. The molecule has 0 aromatic heterocycles. The Morgan fingerprint density at radius 1 is 1.33 bits per heavy atom. The first-order chi connectivity index (χ1) is 7.45. The lowest BCUT2D eigenvalue weighted by atomic mass is 9.98. The zero-order valence-electron chi connectivity index (χ0n) is 8.52. The molecule has 1 unspecified atom stereocenters. The fourth-order valence-corrected chi connectivity index (χ4v) is 2.97. The van der Waals surface area contributed by atoms with Gasteiger partial charge in [0, 0.05) is 12.7 Å². The van der Waals surface area contributed by atoms with Gasteiger partial charge in [-0.05, 0) is 23.0 Å². The highest BCUT2D eigenvalue weighted by molar-refractivity contribution is 8.02. The molecule has 2 heterocycles. The Morgan fingerprint density at radius 3 is 3.13 bits per heavy atom. The highest BCUT2D eigenvalue weighted by Gasteiger charge is 2.24. The summed E-state index contributed by atoms with van der Waals surface area (Å²) in [6.45, 7) is 1.08. The maximum atomic E-state index is 3.58. The number of hydrogen-bond acceptors (Lipinski definition) is 3. The van der Waals surface area contributed by atoms with Crippen LogP contribution in [0.25, 0.3) is 0 Å². The summed E-state index contributed by atoms with van der Waals surface area (Å²) in [6, 6.07) is 8.75. The van der Waals surface area contributed by atoms with Crippen molar-refractivity contribution in [2.75, 3.05) is 12.4 Å². The normalized spacial score (nSPS) is 24.3. The largest absolute Gasteiger partial charge is 0.348 e. The van der Waals surface area contributed by atoms with Crippen LogP contribution in [0.4, 0.5) is 0 Å². The first-order valence-corrected chi connectivity index (χ1v) is 6.35. The van der Waals surface area contributed by atoms with Crippen molar-refractivity contribution < 1.29 is 0 Å². The Kier molecular flexibility index (Phi) is 2.43. The highest BCUT2D eigenvalue weighted by Crippen LogP contribution is 2.30. The van der Waals surface area contributed by atoms with E-state index in [9.17, 15) is 0 Å². The molecule has 0 saturated carbocycles. The van der Waals surface area contributed by atoms with Gasteiger partial charge in [0.25, 0.3) is 0 Å². The molecule has 78 valence electrons. The van der Waals surface area contributed by atoms with Crippen LogP contribution in [0.5, 0.6) is 0 Å². The second-order valence-electron chi connectivity index (χ2n) is 3.90. The van der Waals surface area contributed by atoms with Gasteiger partial charge in [-0.25, -0.2) is 0 Å². The number of nitrogens with zero attached hydrogens (tertiary/aromatic N) is 1. The van der Waals surface area contributed by atoms with Crippen molar-refractivity contribution in [2.24, 2.45) is 0 Å². The van der Waals surface area contributed by atoms with Crippen molar-refractivity contribution in [3.8, 4) is 0 Å².